The van der Waals surface area contributed by atoms with Crippen LogP contribution in [0, 0.1) is 0 Å². The predicted octanol–water partition coefficient (Wildman–Crippen LogP) is 3.32. The molecule has 2 aromatic heterocycles. The highest BCUT2D eigenvalue weighted by molar-refractivity contribution is 6.09. The minimum Gasteiger partial charge on any atom is -0.333 e. The Bertz CT molecular complexity index is 909. The molecule has 5 rings (SSSR count). The van der Waals surface area contributed by atoms with Gasteiger partial charge in [-0.05, 0) is 30.5 Å². The predicted molar refractivity (Wildman–Crippen MR) is 89.2 cm³/mol. The van der Waals surface area contributed by atoms with Crippen molar-refractivity contribution in [3.63, 3.8) is 0 Å². The van der Waals surface area contributed by atoms with E-state index < -0.39 is 0 Å². The van der Waals surface area contributed by atoms with E-state index in [9.17, 15) is 4.79 Å². The van der Waals surface area contributed by atoms with Gasteiger partial charge in [0.25, 0.3) is 5.91 Å². The van der Waals surface area contributed by atoms with E-state index in [0.717, 1.165) is 53.8 Å². The van der Waals surface area contributed by atoms with E-state index in [1.54, 1.807) is 0 Å². The number of benzene rings is 1. The molecule has 3 aromatic rings. The van der Waals surface area contributed by atoms with E-state index in [4.69, 9.17) is 0 Å². The Kier molecular flexibility index (Phi) is 2.62. The number of aromatic nitrogens is 2. The highest BCUT2D eigenvalue weighted by atomic mass is 16.2. The molecule has 0 unspecified atom stereocenters. The van der Waals surface area contributed by atoms with Gasteiger partial charge < -0.3 is 9.47 Å². The molecule has 0 bridgehead atoms. The summed E-state index contributed by atoms with van der Waals surface area (Å²) >= 11 is 0. The van der Waals surface area contributed by atoms with E-state index >= 15 is 0 Å². The molecule has 4 nitrogen and oxygen atoms in total. The third-order valence-electron chi connectivity index (χ3n) is 4.90. The van der Waals surface area contributed by atoms with Crippen molar-refractivity contribution in [1.82, 2.24) is 14.5 Å². The zero-order valence-electron chi connectivity index (χ0n) is 12.8. The zero-order valence-corrected chi connectivity index (χ0v) is 12.8. The average molecular weight is 303 g/mol. The van der Waals surface area contributed by atoms with Gasteiger partial charge in [0.05, 0.1) is 11.0 Å². The van der Waals surface area contributed by atoms with Crippen molar-refractivity contribution in [2.45, 2.75) is 25.4 Å². The van der Waals surface area contributed by atoms with Crippen LogP contribution in [0.4, 0.5) is 0 Å². The minimum absolute atomic E-state index is 0.163. The molecule has 1 fully saturated rings. The first kappa shape index (κ1) is 12.9. The van der Waals surface area contributed by atoms with Crippen LogP contribution in [0.1, 0.15) is 23.3 Å². The number of fused-ring (bicyclic) bond motifs is 3. The number of pyridine rings is 1. The second kappa shape index (κ2) is 4.69. The van der Waals surface area contributed by atoms with Gasteiger partial charge in [-0.15, -0.1) is 0 Å². The molecular formula is C19H17N3O. The summed E-state index contributed by atoms with van der Waals surface area (Å²) in [6, 6.07) is 14.6. The molecule has 1 aliphatic heterocycles. The van der Waals surface area contributed by atoms with Crippen molar-refractivity contribution in [3.8, 4) is 11.1 Å². The molecule has 23 heavy (non-hydrogen) atoms. The summed E-state index contributed by atoms with van der Waals surface area (Å²) in [6.07, 6.45) is 4.10. The standard InChI is InChI=1S/C19H17N3O/c23-19-18-16(13-5-2-1-3-6-13)17-15(7-4-10-20-17)22(18)12-11-21(19)14-8-9-14/h1-7,10,14H,8-9,11-12H2. The molecule has 114 valence electrons. The second-order valence-electron chi connectivity index (χ2n) is 6.34. The molecule has 0 saturated heterocycles. The molecule has 0 N–H and O–H groups in total. The number of hydrogen-bond donors (Lipinski definition) is 0. The van der Waals surface area contributed by atoms with Gasteiger partial charge in [-0.2, -0.15) is 0 Å². The Morgan fingerprint density at radius 1 is 1.00 bits per heavy atom. The lowest BCUT2D eigenvalue weighted by Crippen LogP contribution is -2.41. The minimum atomic E-state index is 0.163. The first-order chi connectivity index (χ1) is 11.3. The average Bonchev–Trinajstić information content (AvgIpc) is 3.38. The molecule has 0 radical (unpaired) electrons. The Labute approximate surface area is 134 Å². The van der Waals surface area contributed by atoms with E-state index in [2.05, 4.69) is 32.7 Å². The van der Waals surface area contributed by atoms with Crippen LogP contribution in [0.15, 0.2) is 48.7 Å². The van der Waals surface area contributed by atoms with Crippen LogP contribution in [-0.4, -0.2) is 32.9 Å². The monoisotopic (exact) mass is 303 g/mol. The first-order valence-electron chi connectivity index (χ1n) is 8.18. The summed E-state index contributed by atoms with van der Waals surface area (Å²) in [6.45, 7) is 1.66. The number of rotatable bonds is 2. The molecule has 2 aliphatic rings. The van der Waals surface area contributed by atoms with Gasteiger partial charge in [-0.1, -0.05) is 30.3 Å². The van der Waals surface area contributed by atoms with Gasteiger partial charge in [-0.3, -0.25) is 9.78 Å². The molecule has 1 saturated carbocycles. The van der Waals surface area contributed by atoms with Crippen molar-refractivity contribution in [2.75, 3.05) is 6.54 Å². The van der Waals surface area contributed by atoms with E-state index in [0.29, 0.717) is 6.04 Å². The van der Waals surface area contributed by atoms with Gasteiger partial charge in [0.1, 0.15) is 5.69 Å². The number of carbonyl (C=O) groups is 1. The van der Waals surface area contributed by atoms with Gasteiger partial charge in [0, 0.05) is 30.9 Å². The molecule has 1 aromatic carbocycles. The molecule has 0 spiro atoms. The topological polar surface area (TPSA) is 38.1 Å². The van der Waals surface area contributed by atoms with Crippen molar-refractivity contribution in [1.29, 1.82) is 0 Å². The molecule has 4 heteroatoms. The summed E-state index contributed by atoms with van der Waals surface area (Å²) in [4.78, 5) is 19.8. The molecule has 3 heterocycles. The van der Waals surface area contributed by atoms with Gasteiger partial charge in [0.2, 0.25) is 0 Å². The fourth-order valence-corrected chi connectivity index (χ4v) is 3.69. The number of carbonyl (C=O) groups excluding carboxylic acids is 1. The summed E-state index contributed by atoms with van der Waals surface area (Å²) in [5.74, 6) is 0.163. The van der Waals surface area contributed by atoms with Crippen molar-refractivity contribution < 1.29 is 4.79 Å². The maximum atomic E-state index is 13.1. The highest BCUT2D eigenvalue weighted by Gasteiger charge is 2.38. The quantitative estimate of drug-likeness (QED) is 0.728. The molecular weight excluding hydrogens is 286 g/mol. The maximum absolute atomic E-state index is 13.1. The van der Waals surface area contributed by atoms with Crippen molar-refractivity contribution >= 4 is 16.9 Å². The van der Waals surface area contributed by atoms with E-state index in [1.807, 2.05) is 30.5 Å². The van der Waals surface area contributed by atoms with Crippen LogP contribution in [0.5, 0.6) is 0 Å². The summed E-state index contributed by atoms with van der Waals surface area (Å²) in [5, 5.41) is 0. The van der Waals surface area contributed by atoms with Gasteiger partial charge in [0.15, 0.2) is 0 Å². The van der Waals surface area contributed by atoms with Crippen LogP contribution in [-0.2, 0) is 6.54 Å². The van der Waals surface area contributed by atoms with Crippen LogP contribution in [0.2, 0.25) is 0 Å². The SMILES string of the molecule is O=C1c2c(-c3ccccc3)c3ncccc3n2CCN1C1CC1. The number of hydrogen-bond acceptors (Lipinski definition) is 2. The van der Waals surface area contributed by atoms with E-state index in [1.165, 1.54) is 0 Å². The van der Waals surface area contributed by atoms with Crippen LogP contribution in [0.3, 0.4) is 0 Å². The smallest absolute Gasteiger partial charge is 0.271 e. The van der Waals surface area contributed by atoms with Crippen molar-refractivity contribution in [2.24, 2.45) is 0 Å². The fraction of sp³-hybridized carbons (Fsp3) is 0.263. The first-order valence-corrected chi connectivity index (χ1v) is 8.18. The van der Waals surface area contributed by atoms with Crippen LogP contribution < -0.4 is 0 Å². The number of nitrogens with zero attached hydrogens (tertiary/aromatic N) is 3. The Morgan fingerprint density at radius 3 is 2.61 bits per heavy atom. The molecule has 1 amide bonds. The van der Waals surface area contributed by atoms with E-state index in [-0.39, 0.29) is 5.91 Å². The Balaban J connectivity index is 1.81. The third kappa shape index (κ3) is 1.84. The van der Waals surface area contributed by atoms with Gasteiger partial charge >= 0.3 is 0 Å². The highest BCUT2D eigenvalue weighted by Crippen LogP contribution is 2.38. The number of amides is 1. The van der Waals surface area contributed by atoms with Crippen LogP contribution >= 0.6 is 0 Å². The summed E-state index contributed by atoms with van der Waals surface area (Å²) in [7, 11) is 0. The molecule has 1 aliphatic carbocycles. The maximum Gasteiger partial charge on any atom is 0.271 e. The summed E-state index contributed by atoms with van der Waals surface area (Å²) < 4.78 is 2.16. The van der Waals surface area contributed by atoms with Crippen molar-refractivity contribution in [3.05, 3.63) is 54.4 Å². The zero-order chi connectivity index (χ0) is 15.4. The normalized spacial score (nSPS) is 17.6. The lowest BCUT2D eigenvalue weighted by Gasteiger charge is -2.29. The lowest BCUT2D eigenvalue weighted by molar-refractivity contribution is 0.0694. The van der Waals surface area contributed by atoms with Crippen LogP contribution in [0.25, 0.3) is 22.2 Å². The second-order valence-corrected chi connectivity index (χ2v) is 6.34. The lowest BCUT2D eigenvalue weighted by atomic mass is 10.0. The fourth-order valence-electron chi connectivity index (χ4n) is 3.69. The molecule has 0 atom stereocenters. The third-order valence-corrected chi connectivity index (χ3v) is 4.90. The Hall–Kier alpha value is -2.62. The largest absolute Gasteiger partial charge is 0.333 e. The Morgan fingerprint density at radius 2 is 1.83 bits per heavy atom. The van der Waals surface area contributed by atoms with Gasteiger partial charge in [-0.25, -0.2) is 0 Å². The summed E-state index contributed by atoms with van der Waals surface area (Å²) in [5.41, 5.74) is 4.85.